The summed E-state index contributed by atoms with van der Waals surface area (Å²) in [5, 5.41) is 9.12. The molecule has 1 amide bonds. The lowest BCUT2D eigenvalue weighted by Crippen LogP contribution is -2.48. The molecule has 0 bridgehead atoms. The molecule has 110 valence electrons. The molecule has 5 heteroatoms. The fourth-order valence-corrected chi connectivity index (χ4v) is 2.93. The average Bonchev–Trinajstić information content (AvgIpc) is 2.55. The normalized spacial score (nSPS) is 25.0. The second-order valence-electron chi connectivity index (χ2n) is 5.32. The summed E-state index contributed by atoms with van der Waals surface area (Å²) in [7, 11) is 0. The molecule has 21 heavy (non-hydrogen) atoms. The molecule has 2 aliphatic rings. The van der Waals surface area contributed by atoms with Crippen LogP contribution < -0.4 is 0 Å². The minimum atomic E-state index is -0.481. The Morgan fingerprint density at radius 1 is 1.38 bits per heavy atom. The first kappa shape index (κ1) is 14.1. The molecule has 0 saturated carbocycles. The van der Waals surface area contributed by atoms with Crippen LogP contribution in [0.4, 0.5) is 0 Å². The van der Waals surface area contributed by atoms with E-state index in [1.165, 1.54) is 5.56 Å². The van der Waals surface area contributed by atoms with Crippen molar-refractivity contribution in [3.8, 4) is 6.07 Å². The Labute approximate surface area is 124 Å². The Morgan fingerprint density at radius 3 is 3.10 bits per heavy atom. The van der Waals surface area contributed by atoms with E-state index < -0.39 is 6.04 Å². The van der Waals surface area contributed by atoms with Crippen molar-refractivity contribution in [2.24, 2.45) is 0 Å². The molecule has 5 nitrogen and oxygen atoms in total. The lowest BCUT2D eigenvalue weighted by Gasteiger charge is -2.33. The highest BCUT2D eigenvalue weighted by Gasteiger charge is 2.30. The molecule has 1 aromatic carbocycles. The summed E-state index contributed by atoms with van der Waals surface area (Å²) in [5.74, 6) is -0.0356. The second kappa shape index (κ2) is 6.25. The van der Waals surface area contributed by atoms with E-state index >= 15 is 0 Å². The number of morpholine rings is 1. The lowest BCUT2D eigenvalue weighted by atomic mass is 9.95. The van der Waals surface area contributed by atoms with Crippen molar-refractivity contribution >= 4 is 5.91 Å². The third-order valence-corrected chi connectivity index (χ3v) is 4.05. The van der Waals surface area contributed by atoms with Gasteiger partial charge in [0.2, 0.25) is 5.91 Å². The topological polar surface area (TPSA) is 62.6 Å². The molecule has 0 spiro atoms. The van der Waals surface area contributed by atoms with Crippen molar-refractivity contribution in [1.82, 2.24) is 4.90 Å². The highest BCUT2D eigenvalue weighted by molar-refractivity contribution is 5.78. The molecule has 0 N–H and O–H groups in total. The molecule has 2 aliphatic heterocycles. The van der Waals surface area contributed by atoms with Crippen molar-refractivity contribution in [2.75, 3.05) is 26.4 Å². The van der Waals surface area contributed by atoms with E-state index in [2.05, 4.69) is 12.1 Å². The van der Waals surface area contributed by atoms with Gasteiger partial charge in [0.1, 0.15) is 6.04 Å². The highest BCUT2D eigenvalue weighted by Crippen LogP contribution is 2.30. The molecule has 3 rings (SSSR count). The molecule has 2 heterocycles. The van der Waals surface area contributed by atoms with Gasteiger partial charge in [-0.2, -0.15) is 5.26 Å². The fraction of sp³-hybridized carbons (Fsp3) is 0.500. The maximum atomic E-state index is 12.5. The Kier molecular flexibility index (Phi) is 4.18. The molecule has 1 aromatic rings. The molecular formula is C16H18N2O3. The molecule has 0 radical (unpaired) electrons. The van der Waals surface area contributed by atoms with E-state index in [4.69, 9.17) is 14.7 Å². The van der Waals surface area contributed by atoms with Crippen LogP contribution in [0.1, 0.15) is 23.7 Å². The molecule has 1 fully saturated rings. The van der Waals surface area contributed by atoms with Gasteiger partial charge >= 0.3 is 0 Å². The smallest absolute Gasteiger partial charge is 0.226 e. The van der Waals surface area contributed by atoms with Crippen molar-refractivity contribution in [3.63, 3.8) is 0 Å². The van der Waals surface area contributed by atoms with Crippen LogP contribution in [0.5, 0.6) is 0 Å². The van der Waals surface area contributed by atoms with Gasteiger partial charge in [0, 0.05) is 6.54 Å². The SMILES string of the molecule is N#CC1COCCN1C(=O)CC1OCCc2ccccc21. The van der Waals surface area contributed by atoms with Gasteiger partial charge in [0.15, 0.2) is 0 Å². The van der Waals surface area contributed by atoms with E-state index in [0.717, 1.165) is 12.0 Å². The highest BCUT2D eigenvalue weighted by atomic mass is 16.5. The zero-order chi connectivity index (χ0) is 14.7. The largest absolute Gasteiger partial charge is 0.376 e. The van der Waals surface area contributed by atoms with Crippen molar-refractivity contribution in [3.05, 3.63) is 35.4 Å². The van der Waals surface area contributed by atoms with Crippen LogP contribution in [0.3, 0.4) is 0 Å². The first-order valence-corrected chi connectivity index (χ1v) is 7.26. The van der Waals surface area contributed by atoms with Crippen molar-refractivity contribution in [2.45, 2.75) is 25.0 Å². The van der Waals surface area contributed by atoms with E-state index in [1.54, 1.807) is 4.90 Å². The van der Waals surface area contributed by atoms with Gasteiger partial charge in [-0.05, 0) is 17.5 Å². The number of nitrogens with zero attached hydrogens (tertiary/aromatic N) is 2. The predicted octanol–water partition coefficient (Wildman–Crippen LogP) is 1.44. The maximum absolute atomic E-state index is 12.5. The van der Waals surface area contributed by atoms with Crippen LogP contribution in [-0.4, -0.2) is 43.2 Å². The van der Waals surface area contributed by atoms with Gasteiger partial charge in [-0.25, -0.2) is 0 Å². The summed E-state index contributed by atoms with van der Waals surface area (Å²) >= 11 is 0. The summed E-state index contributed by atoms with van der Waals surface area (Å²) in [4.78, 5) is 14.1. The molecule has 0 aromatic heterocycles. The monoisotopic (exact) mass is 286 g/mol. The van der Waals surface area contributed by atoms with Crippen molar-refractivity contribution in [1.29, 1.82) is 5.26 Å². The Balaban J connectivity index is 1.72. The number of carbonyl (C=O) groups excluding carboxylic acids is 1. The Hall–Kier alpha value is -1.90. The standard InChI is InChI=1S/C16H18N2O3/c17-10-13-11-20-8-6-18(13)16(19)9-15-14-4-2-1-3-12(14)5-7-21-15/h1-4,13,15H,5-9,11H2. The van der Waals surface area contributed by atoms with Crippen molar-refractivity contribution < 1.29 is 14.3 Å². The fourth-order valence-electron chi connectivity index (χ4n) is 2.93. The Morgan fingerprint density at radius 2 is 2.24 bits per heavy atom. The number of nitriles is 1. The van der Waals surface area contributed by atoms with Gasteiger partial charge in [-0.15, -0.1) is 0 Å². The number of fused-ring (bicyclic) bond motifs is 1. The number of amides is 1. The van der Waals surface area contributed by atoms with Gasteiger partial charge in [0.05, 0.1) is 38.4 Å². The predicted molar refractivity (Wildman–Crippen MR) is 75.4 cm³/mol. The zero-order valence-corrected chi connectivity index (χ0v) is 11.8. The van der Waals surface area contributed by atoms with E-state index in [0.29, 0.717) is 26.4 Å². The first-order chi connectivity index (χ1) is 10.3. The number of ether oxygens (including phenoxy) is 2. The van der Waals surface area contributed by atoms with E-state index in [-0.39, 0.29) is 18.4 Å². The van der Waals surface area contributed by atoms with Gasteiger partial charge in [-0.3, -0.25) is 4.79 Å². The summed E-state index contributed by atoms with van der Waals surface area (Å²) in [6.45, 7) is 1.90. The second-order valence-corrected chi connectivity index (χ2v) is 5.32. The Bertz CT molecular complexity index is 567. The molecular weight excluding hydrogens is 268 g/mol. The summed E-state index contributed by atoms with van der Waals surface area (Å²) in [5.41, 5.74) is 2.35. The summed E-state index contributed by atoms with van der Waals surface area (Å²) < 4.78 is 11.0. The average molecular weight is 286 g/mol. The van der Waals surface area contributed by atoms with Crippen LogP contribution in [0.15, 0.2) is 24.3 Å². The zero-order valence-electron chi connectivity index (χ0n) is 11.8. The maximum Gasteiger partial charge on any atom is 0.226 e. The molecule has 2 atom stereocenters. The molecule has 1 saturated heterocycles. The minimum Gasteiger partial charge on any atom is -0.376 e. The lowest BCUT2D eigenvalue weighted by molar-refractivity contribution is -0.141. The van der Waals surface area contributed by atoms with E-state index in [1.807, 2.05) is 18.2 Å². The number of carbonyl (C=O) groups is 1. The molecule has 0 aliphatic carbocycles. The van der Waals surface area contributed by atoms with Gasteiger partial charge in [0.25, 0.3) is 0 Å². The van der Waals surface area contributed by atoms with Crippen LogP contribution in [0.2, 0.25) is 0 Å². The minimum absolute atomic E-state index is 0.0356. The van der Waals surface area contributed by atoms with Crippen LogP contribution in [0.25, 0.3) is 0 Å². The number of rotatable bonds is 2. The van der Waals surface area contributed by atoms with Gasteiger partial charge in [-0.1, -0.05) is 24.3 Å². The number of hydrogen-bond donors (Lipinski definition) is 0. The third kappa shape index (κ3) is 2.92. The quantitative estimate of drug-likeness (QED) is 0.825. The first-order valence-electron chi connectivity index (χ1n) is 7.26. The van der Waals surface area contributed by atoms with Gasteiger partial charge < -0.3 is 14.4 Å². The third-order valence-electron chi connectivity index (χ3n) is 4.05. The van der Waals surface area contributed by atoms with Crippen LogP contribution >= 0.6 is 0 Å². The van der Waals surface area contributed by atoms with Crippen LogP contribution in [0, 0.1) is 11.3 Å². The van der Waals surface area contributed by atoms with Crippen LogP contribution in [-0.2, 0) is 20.7 Å². The number of hydrogen-bond acceptors (Lipinski definition) is 4. The summed E-state index contributed by atoms with van der Waals surface area (Å²) in [6, 6.07) is 9.74. The number of benzene rings is 1. The molecule has 2 unspecified atom stereocenters. The van der Waals surface area contributed by atoms with E-state index in [9.17, 15) is 4.79 Å². The summed E-state index contributed by atoms with van der Waals surface area (Å²) in [6.07, 6.45) is 0.971.